The standard InChI is InChI=1S/C11H19N5O/c1-11(2,12)10(17)15(3)7-9-14-13-8-5-4-6-16(8)9/h4-7,12H2,1-3H3. The van der Waals surface area contributed by atoms with Gasteiger partial charge >= 0.3 is 0 Å². The Bertz CT molecular complexity index is 432. The van der Waals surface area contributed by atoms with Crippen molar-refractivity contribution >= 4 is 5.91 Å². The highest BCUT2D eigenvalue weighted by Crippen LogP contribution is 2.15. The summed E-state index contributed by atoms with van der Waals surface area (Å²) >= 11 is 0. The number of fused-ring (bicyclic) bond motifs is 1. The fourth-order valence-corrected chi connectivity index (χ4v) is 2.10. The number of amides is 1. The monoisotopic (exact) mass is 237 g/mol. The molecule has 2 heterocycles. The number of hydrogen-bond acceptors (Lipinski definition) is 4. The van der Waals surface area contributed by atoms with Crippen LogP contribution in [0.5, 0.6) is 0 Å². The van der Waals surface area contributed by atoms with Gasteiger partial charge in [0.25, 0.3) is 0 Å². The lowest BCUT2D eigenvalue weighted by Gasteiger charge is -2.25. The lowest BCUT2D eigenvalue weighted by atomic mass is 10.1. The quantitative estimate of drug-likeness (QED) is 0.797. The molecule has 94 valence electrons. The molecular weight excluding hydrogens is 218 g/mol. The Hall–Kier alpha value is -1.43. The van der Waals surface area contributed by atoms with Crippen LogP contribution in [0.4, 0.5) is 0 Å². The van der Waals surface area contributed by atoms with Gasteiger partial charge in [-0.05, 0) is 20.3 Å². The van der Waals surface area contributed by atoms with Crippen molar-refractivity contribution in [2.75, 3.05) is 7.05 Å². The number of hydrogen-bond donors (Lipinski definition) is 1. The van der Waals surface area contributed by atoms with Gasteiger partial charge < -0.3 is 15.2 Å². The minimum absolute atomic E-state index is 0.0900. The molecule has 1 amide bonds. The molecule has 2 N–H and O–H groups in total. The van der Waals surface area contributed by atoms with Crippen molar-refractivity contribution in [3.63, 3.8) is 0 Å². The third kappa shape index (κ3) is 2.31. The summed E-state index contributed by atoms with van der Waals surface area (Å²) in [5.74, 6) is 1.78. The van der Waals surface area contributed by atoms with E-state index in [-0.39, 0.29) is 5.91 Å². The van der Waals surface area contributed by atoms with Crippen LogP contribution < -0.4 is 5.73 Å². The Balaban J connectivity index is 2.08. The van der Waals surface area contributed by atoms with E-state index < -0.39 is 5.54 Å². The van der Waals surface area contributed by atoms with E-state index in [0.717, 1.165) is 31.0 Å². The Morgan fingerprint density at radius 1 is 1.53 bits per heavy atom. The highest BCUT2D eigenvalue weighted by molar-refractivity contribution is 5.84. The summed E-state index contributed by atoms with van der Waals surface area (Å²) in [6.45, 7) is 4.83. The number of rotatable bonds is 3. The number of likely N-dealkylation sites (N-methyl/N-ethyl adjacent to an activating group) is 1. The van der Waals surface area contributed by atoms with Crippen LogP contribution in [0.3, 0.4) is 0 Å². The SMILES string of the molecule is CN(Cc1nnc2n1CCC2)C(=O)C(C)(C)N. The predicted octanol–water partition coefficient (Wildman–Crippen LogP) is -0.0800. The van der Waals surface area contributed by atoms with Crippen molar-refractivity contribution in [2.24, 2.45) is 5.73 Å². The number of aryl methyl sites for hydroxylation is 1. The van der Waals surface area contributed by atoms with Gasteiger partial charge in [0.15, 0.2) is 5.82 Å². The van der Waals surface area contributed by atoms with Crippen LogP contribution in [-0.2, 0) is 24.3 Å². The first-order valence-electron chi connectivity index (χ1n) is 5.85. The molecule has 17 heavy (non-hydrogen) atoms. The minimum Gasteiger partial charge on any atom is -0.337 e. The van der Waals surface area contributed by atoms with Crippen LogP contribution in [-0.4, -0.2) is 38.2 Å². The zero-order chi connectivity index (χ0) is 12.6. The van der Waals surface area contributed by atoms with Crippen molar-refractivity contribution in [2.45, 2.75) is 45.3 Å². The molecule has 6 heteroatoms. The summed E-state index contributed by atoms with van der Waals surface area (Å²) in [6, 6.07) is 0. The molecule has 1 aromatic rings. The van der Waals surface area contributed by atoms with Gasteiger partial charge in [0, 0.05) is 20.0 Å². The van der Waals surface area contributed by atoms with E-state index in [1.807, 2.05) is 0 Å². The molecule has 1 aliphatic heterocycles. The van der Waals surface area contributed by atoms with E-state index in [4.69, 9.17) is 5.73 Å². The average Bonchev–Trinajstić information content (AvgIpc) is 2.80. The topological polar surface area (TPSA) is 77.0 Å². The lowest BCUT2D eigenvalue weighted by molar-refractivity contribution is -0.135. The van der Waals surface area contributed by atoms with Crippen LogP contribution in [0.2, 0.25) is 0 Å². The van der Waals surface area contributed by atoms with E-state index in [1.165, 1.54) is 0 Å². The van der Waals surface area contributed by atoms with Crippen LogP contribution in [0.25, 0.3) is 0 Å². The molecule has 0 unspecified atom stereocenters. The van der Waals surface area contributed by atoms with E-state index in [9.17, 15) is 4.79 Å². The number of nitrogens with zero attached hydrogens (tertiary/aromatic N) is 4. The average molecular weight is 237 g/mol. The van der Waals surface area contributed by atoms with Crippen molar-refractivity contribution in [1.82, 2.24) is 19.7 Å². The molecule has 1 aliphatic rings. The van der Waals surface area contributed by atoms with Gasteiger partial charge in [-0.25, -0.2) is 0 Å². The van der Waals surface area contributed by atoms with E-state index in [1.54, 1.807) is 25.8 Å². The second-order valence-electron chi connectivity index (χ2n) is 5.17. The summed E-state index contributed by atoms with van der Waals surface area (Å²) in [5.41, 5.74) is 4.94. The Morgan fingerprint density at radius 3 is 2.88 bits per heavy atom. The van der Waals surface area contributed by atoms with Gasteiger partial charge in [0.1, 0.15) is 5.82 Å². The summed E-state index contributed by atoms with van der Waals surface area (Å²) in [7, 11) is 1.74. The smallest absolute Gasteiger partial charge is 0.242 e. The fraction of sp³-hybridized carbons (Fsp3) is 0.727. The van der Waals surface area contributed by atoms with Gasteiger partial charge in [0.05, 0.1) is 12.1 Å². The van der Waals surface area contributed by atoms with Crippen LogP contribution in [0, 0.1) is 0 Å². The van der Waals surface area contributed by atoms with Gasteiger partial charge in [0.2, 0.25) is 5.91 Å². The Labute approximate surface area is 101 Å². The third-order valence-corrected chi connectivity index (χ3v) is 2.96. The molecule has 0 aromatic carbocycles. The summed E-state index contributed by atoms with van der Waals surface area (Å²) in [5, 5.41) is 8.24. The zero-order valence-corrected chi connectivity index (χ0v) is 10.6. The first-order valence-corrected chi connectivity index (χ1v) is 5.85. The second kappa shape index (κ2) is 4.10. The molecule has 0 bridgehead atoms. The minimum atomic E-state index is -0.845. The molecule has 0 aliphatic carbocycles. The Kier molecular flexibility index (Phi) is 2.91. The van der Waals surface area contributed by atoms with E-state index in [0.29, 0.717) is 6.54 Å². The number of carbonyl (C=O) groups is 1. The highest BCUT2D eigenvalue weighted by atomic mass is 16.2. The largest absolute Gasteiger partial charge is 0.337 e. The van der Waals surface area contributed by atoms with Crippen LogP contribution >= 0.6 is 0 Å². The van der Waals surface area contributed by atoms with Gasteiger partial charge in [-0.3, -0.25) is 4.79 Å². The zero-order valence-electron chi connectivity index (χ0n) is 10.6. The molecular formula is C11H19N5O. The maximum absolute atomic E-state index is 11.9. The molecule has 6 nitrogen and oxygen atoms in total. The van der Waals surface area contributed by atoms with Crippen molar-refractivity contribution in [3.8, 4) is 0 Å². The first-order chi connectivity index (χ1) is 7.89. The maximum atomic E-state index is 11.9. The first kappa shape index (κ1) is 12.0. The summed E-state index contributed by atoms with van der Waals surface area (Å²) < 4.78 is 2.09. The molecule has 0 atom stereocenters. The van der Waals surface area contributed by atoms with E-state index >= 15 is 0 Å². The Morgan fingerprint density at radius 2 is 2.24 bits per heavy atom. The lowest BCUT2D eigenvalue weighted by Crippen LogP contribution is -2.49. The molecule has 0 fully saturated rings. The number of nitrogens with two attached hydrogens (primary N) is 1. The molecule has 0 saturated carbocycles. The van der Waals surface area contributed by atoms with Crippen molar-refractivity contribution < 1.29 is 4.79 Å². The third-order valence-electron chi connectivity index (χ3n) is 2.96. The van der Waals surface area contributed by atoms with Gasteiger partial charge in [-0.1, -0.05) is 0 Å². The summed E-state index contributed by atoms with van der Waals surface area (Å²) in [4.78, 5) is 13.5. The number of carbonyl (C=O) groups excluding carboxylic acids is 1. The van der Waals surface area contributed by atoms with Crippen molar-refractivity contribution in [3.05, 3.63) is 11.6 Å². The fourth-order valence-electron chi connectivity index (χ4n) is 2.10. The maximum Gasteiger partial charge on any atom is 0.242 e. The van der Waals surface area contributed by atoms with Gasteiger partial charge in [-0.2, -0.15) is 0 Å². The summed E-state index contributed by atoms with van der Waals surface area (Å²) in [6.07, 6.45) is 2.09. The van der Waals surface area contributed by atoms with Crippen LogP contribution in [0.1, 0.15) is 31.9 Å². The molecule has 0 saturated heterocycles. The molecule has 2 rings (SSSR count). The highest BCUT2D eigenvalue weighted by Gasteiger charge is 2.27. The van der Waals surface area contributed by atoms with E-state index in [2.05, 4.69) is 14.8 Å². The molecule has 0 spiro atoms. The van der Waals surface area contributed by atoms with Crippen molar-refractivity contribution in [1.29, 1.82) is 0 Å². The normalized spacial score (nSPS) is 14.8. The second-order valence-corrected chi connectivity index (χ2v) is 5.17. The molecule has 1 aromatic heterocycles. The van der Waals surface area contributed by atoms with Gasteiger partial charge in [-0.15, -0.1) is 10.2 Å². The predicted molar refractivity (Wildman–Crippen MR) is 63.1 cm³/mol. The molecule has 0 radical (unpaired) electrons. The number of aromatic nitrogens is 3. The van der Waals surface area contributed by atoms with Crippen LogP contribution in [0.15, 0.2) is 0 Å².